The predicted octanol–water partition coefficient (Wildman–Crippen LogP) is 2.84. The topological polar surface area (TPSA) is 76.3 Å². The molecule has 2 aromatic heterocycles. The third-order valence-corrected chi connectivity index (χ3v) is 7.49. The fourth-order valence-corrected chi connectivity index (χ4v) is 5.52. The smallest absolute Gasteiger partial charge is 0.114 e. The van der Waals surface area contributed by atoms with E-state index in [-0.39, 0.29) is 12.1 Å². The number of likely N-dealkylation sites (tertiary alicyclic amines) is 1. The Morgan fingerprint density at radius 1 is 1.24 bits per heavy atom. The number of hydrogen-bond donors (Lipinski definition) is 1. The average Bonchev–Trinajstić information content (AvgIpc) is 3.07. The fourth-order valence-electron chi connectivity index (χ4n) is 4.86. The summed E-state index contributed by atoms with van der Waals surface area (Å²) < 4.78 is 8.40. The second-order valence-electron chi connectivity index (χ2n) is 9.64. The molecule has 5 rings (SSSR count). The monoisotopic (exact) mass is 417 g/mol. The zero-order chi connectivity index (χ0) is 20.0. The Hall–Kier alpha value is -1.35. The van der Waals surface area contributed by atoms with Gasteiger partial charge in [0.1, 0.15) is 16.3 Å². The second-order valence-corrected chi connectivity index (χ2v) is 10.6. The molecule has 0 amide bonds. The van der Waals surface area contributed by atoms with Crippen LogP contribution >= 0.6 is 11.3 Å². The van der Waals surface area contributed by atoms with E-state index in [9.17, 15) is 5.11 Å². The maximum absolute atomic E-state index is 10.3. The molecular formula is C21H31N5O2S. The SMILES string of the molecule is CC(C)(O)c1cn([C@@H]2C[C@@H]3CN(Cc4nccs4)C[C@@H]3C[C@H]2OCC2CC2)nn1. The van der Waals surface area contributed by atoms with Gasteiger partial charge in [-0.05, 0) is 57.3 Å². The van der Waals surface area contributed by atoms with E-state index in [1.807, 2.05) is 17.1 Å². The van der Waals surface area contributed by atoms with Crippen LogP contribution in [0.4, 0.5) is 0 Å². The molecule has 7 nitrogen and oxygen atoms in total. The molecule has 0 spiro atoms. The fraction of sp³-hybridized carbons (Fsp3) is 0.762. The quantitative estimate of drug-likeness (QED) is 0.747. The standard InChI is InChI=1S/C21H31N5O2S/c1-21(2,27)19-11-26(24-23-19)17-7-15-9-25(12-20-22-5-6-29-20)10-16(15)8-18(17)28-13-14-3-4-14/h5-6,11,14-18,27H,3-4,7-10,12-13H2,1-2H3/t15-,16+,17-,18-/m1/s1. The van der Waals surface area contributed by atoms with Crippen molar-refractivity contribution < 1.29 is 9.84 Å². The number of fused-ring (bicyclic) bond motifs is 1. The van der Waals surface area contributed by atoms with Crippen molar-refractivity contribution in [3.63, 3.8) is 0 Å². The summed E-state index contributed by atoms with van der Waals surface area (Å²) in [5.41, 5.74) is -0.352. The lowest BCUT2D eigenvalue weighted by Gasteiger charge is -2.37. The van der Waals surface area contributed by atoms with Crippen LogP contribution in [0.5, 0.6) is 0 Å². The molecule has 8 heteroatoms. The van der Waals surface area contributed by atoms with Crippen LogP contribution < -0.4 is 0 Å². The van der Waals surface area contributed by atoms with Crippen molar-refractivity contribution in [2.45, 2.75) is 63.8 Å². The molecule has 1 saturated heterocycles. The van der Waals surface area contributed by atoms with Gasteiger partial charge in [0.05, 0.1) is 24.9 Å². The van der Waals surface area contributed by atoms with E-state index in [1.54, 1.807) is 25.2 Å². The Kier molecular flexibility index (Phi) is 5.22. The van der Waals surface area contributed by atoms with Crippen molar-refractivity contribution in [1.82, 2.24) is 24.9 Å². The first-order valence-electron chi connectivity index (χ1n) is 10.8. The van der Waals surface area contributed by atoms with Gasteiger partial charge in [-0.25, -0.2) is 9.67 Å². The van der Waals surface area contributed by atoms with Crippen molar-refractivity contribution in [2.24, 2.45) is 17.8 Å². The zero-order valence-corrected chi connectivity index (χ0v) is 18.1. The number of nitrogens with zero attached hydrogens (tertiary/aromatic N) is 5. The summed E-state index contributed by atoms with van der Waals surface area (Å²) in [7, 11) is 0. The summed E-state index contributed by atoms with van der Waals surface area (Å²) >= 11 is 1.74. The molecule has 3 fully saturated rings. The number of aromatic nitrogens is 4. The van der Waals surface area contributed by atoms with Crippen LogP contribution in [0.2, 0.25) is 0 Å². The van der Waals surface area contributed by atoms with E-state index >= 15 is 0 Å². The lowest BCUT2D eigenvalue weighted by molar-refractivity contribution is -0.0376. The van der Waals surface area contributed by atoms with Gasteiger partial charge >= 0.3 is 0 Å². The van der Waals surface area contributed by atoms with E-state index in [2.05, 4.69) is 25.6 Å². The van der Waals surface area contributed by atoms with Crippen molar-refractivity contribution in [2.75, 3.05) is 19.7 Å². The Morgan fingerprint density at radius 2 is 2.03 bits per heavy atom. The van der Waals surface area contributed by atoms with Crippen LogP contribution in [0, 0.1) is 17.8 Å². The first kappa shape index (κ1) is 19.6. The van der Waals surface area contributed by atoms with Crippen LogP contribution in [-0.4, -0.2) is 55.8 Å². The molecule has 0 unspecified atom stereocenters. The highest BCUT2D eigenvalue weighted by atomic mass is 32.1. The van der Waals surface area contributed by atoms with Gasteiger partial charge in [0, 0.05) is 31.3 Å². The maximum Gasteiger partial charge on any atom is 0.114 e. The highest BCUT2D eigenvalue weighted by Crippen LogP contribution is 2.43. The molecule has 0 aromatic carbocycles. The summed E-state index contributed by atoms with van der Waals surface area (Å²) in [5, 5.41) is 22.2. The predicted molar refractivity (Wildman–Crippen MR) is 110 cm³/mol. The minimum atomic E-state index is -0.975. The molecule has 1 aliphatic heterocycles. The van der Waals surface area contributed by atoms with Gasteiger partial charge in [-0.15, -0.1) is 16.4 Å². The Balaban J connectivity index is 1.31. The molecule has 2 aromatic rings. The Bertz CT molecular complexity index is 813. The maximum atomic E-state index is 10.3. The number of thiazole rings is 1. The van der Waals surface area contributed by atoms with Crippen LogP contribution in [-0.2, 0) is 16.9 Å². The van der Waals surface area contributed by atoms with Crippen LogP contribution in [0.3, 0.4) is 0 Å². The van der Waals surface area contributed by atoms with E-state index in [0.29, 0.717) is 17.5 Å². The molecule has 29 heavy (non-hydrogen) atoms. The molecule has 158 valence electrons. The molecule has 0 radical (unpaired) electrons. The van der Waals surface area contributed by atoms with Crippen molar-refractivity contribution in [3.05, 3.63) is 28.5 Å². The summed E-state index contributed by atoms with van der Waals surface area (Å²) in [6, 6.07) is 0.193. The number of rotatable bonds is 7. The summed E-state index contributed by atoms with van der Waals surface area (Å²) in [6.45, 7) is 7.58. The molecule has 0 bridgehead atoms. The molecule has 3 aliphatic rings. The normalized spacial score (nSPS) is 30.6. The third-order valence-electron chi connectivity index (χ3n) is 6.72. The first-order chi connectivity index (χ1) is 14.0. The van der Waals surface area contributed by atoms with Gasteiger partial charge < -0.3 is 9.84 Å². The summed E-state index contributed by atoms with van der Waals surface area (Å²) in [6.07, 6.45) is 8.73. The van der Waals surface area contributed by atoms with Crippen LogP contribution in [0.25, 0.3) is 0 Å². The third kappa shape index (κ3) is 4.40. The Morgan fingerprint density at radius 3 is 2.69 bits per heavy atom. The average molecular weight is 418 g/mol. The van der Waals surface area contributed by atoms with Gasteiger partial charge in [0.2, 0.25) is 0 Å². The van der Waals surface area contributed by atoms with E-state index in [1.165, 1.54) is 17.8 Å². The number of hydrogen-bond acceptors (Lipinski definition) is 7. The molecule has 2 aliphatic carbocycles. The minimum absolute atomic E-state index is 0.174. The molecular weight excluding hydrogens is 386 g/mol. The molecule has 2 saturated carbocycles. The van der Waals surface area contributed by atoms with Gasteiger partial charge in [-0.2, -0.15) is 0 Å². The number of aliphatic hydroxyl groups is 1. The van der Waals surface area contributed by atoms with Gasteiger partial charge in [0.15, 0.2) is 0 Å². The highest BCUT2D eigenvalue weighted by Gasteiger charge is 2.44. The molecule has 4 atom stereocenters. The summed E-state index contributed by atoms with van der Waals surface area (Å²) in [4.78, 5) is 7.02. The molecule has 3 heterocycles. The van der Waals surface area contributed by atoms with Crippen molar-refractivity contribution in [1.29, 1.82) is 0 Å². The Labute approximate surface area is 176 Å². The van der Waals surface area contributed by atoms with Gasteiger partial charge in [-0.3, -0.25) is 4.90 Å². The lowest BCUT2D eigenvalue weighted by Crippen LogP contribution is -2.38. The van der Waals surface area contributed by atoms with E-state index in [0.717, 1.165) is 45.0 Å². The first-order valence-corrected chi connectivity index (χ1v) is 11.7. The molecule has 1 N–H and O–H groups in total. The highest BCUT2D eigenvalue weighted by molar-refractivity contribution is 7.09. The van der Waals surface area contributed by atoms with Gasteiger partial charge in [0.25, 0.3) is 0 Å². The van der Waals surface area contributed by atoms with Crippen LogP contribution in [0.1, 0.15) is 56.3 Å². The van der Waals surface area contributed by atoms with Gasteiger partial charge in [-0.1, -0.05) is 5.21 Å². The minimum Gasteiger partial charge on any atom is -0.384 e. The lowest BCUT2D eigenvalue weighted by atomic mass is 9.77. The largest absolute Gasteiger partial charge is 0.384 e. The van der Waals surface area contributed by atoms with Crippen molar-refractivity contribution >= 4 is 11.3 Å². The second kappa shape index (κ2) is 7.72. The number of ether oxygens (including phenoxy) is 1. The van der Waals surface area contributed by atoms with E-state index < -0.39 is 5.60 Å². The van der Waals surface area contributed by atoms with E-state index in [4.69, 9.17) is 4.74 Å². The zero-order valence-electron chi connectivity index (χ0n) is 17.3. The van der Waals surface area contributed by atoms with Crippen molar-refractivity contribution in [3.8, 4) is 0 Å². The summed E-state index contributed by atoms with van der Waals surface area (Å²) in [5.74, 6) is 2.07. The van der Waals surface area contributed by atoms with Crippen LogP contribution in [0.15, 0.2) is 17.8 Å².